The van der Waals surface area contributed by atoms with Crippen LogP contribution in [0, 0.1) is 0 Å². The molecule has 7 nitrogen and oxygen atoms in total. The second-order valence-electron chi connectivity index (χ2n) is 7.16. The van der Waals surface area contributed by atoms with E-state index in [-0.39, 0.29) is 11.6 Å². The van der Waals surface area contributed by atoms with E-state index in [0.29, 0.717) is 0 Å². The lowest BCUT2D eigenvalue weighted by Gasteiger charge is -2.37. The number of carbonyl (C=O) groups is 2. The number of methoxy groups -OCH3 is 1. The molecular weight excluding hydrogens is 308 g/mol. The average Bonchev–Trinajstić information content (AvgIpc) is 2.58. The maximum atomic E-state index is 11.8. The van der Waals surface area contributed by atoms with Crippen molar-refractivity contribution in [1.82, 2.24) is 0 Å². The van der Waals surface area contributed by atoms with E-state index in [4.69, 9.17) is 13.9 Å². The monoisotopic (exact) mass is 334 g/mol. The highest BCUT2D eigenvalue weighted by molar-refractivity contribution is 6.74. The topological polar surface area (TPSA) is 91.3 Å². The van der Waals surface area contributed by atoms with Gasteiger partial charge in [0.25, 0.3) is 0 Å². The number of carbonyl (C=O) groups excluding carboxylic acids is 2. The van der Waals surface area contributed by atoms with Gasteiger partial charge in [0.2, 0.25) is 0 Å². The van der Waals surface area contributed by atoms with Crippen LogP contribution in [0.25, 0.3) is 0 Å². The Labute approximate surface area is 132 Å². The minimum Gasteiger partial charge on any atom is -0.454 e. The molecule has 1 fully saturated rings. The summed E-state index contributed by atoms with van der Waals surface area (Å²) in [7, 11) is -0.915. The molecule has 0 spiro atoms. The molecule has 0 aromatic carbocycles. The highest BCUT2D eigenvalue weighted by atomic mass is 28.4. The summed E-state index contributed by atoms with van der Waals surface area (Å²) in [6.45, 7) is 11.7. The van der Waals surface area contributed by atoms with Crippen molar-refractivity contribution in [3.05, 3.63) is 0 Å². The smallest absolute Gasteiger partial charge is 0.454 e. The largest absolute Gasteiger partial charge is 0.508 e. The number of esters is 1. The van der Waals surface area contributed by atoms with Gasteiger partial charge >= 0.3 is 12.1 Å². The highest BCUT2D eigenvalue weighted by Crippen LogP contribution is 2.37. The third kappa shape index (κ3) is 3.79. The maximum Gasteiger partial charge on any atom is 0.508 e. The minimum atomic E-state index is -2.06. The molecule has 128 valence electrons. The first-order valence-electron chi connectivity index (χ1n) is 7.15. The highest BCUT2D eigenvalue weighted by Gasteiger charge is 2.57. The Hall–Kier alpha value is -1.12. The molecule has 0 aromatic rings. The number of hydrogen-bond donors (Lipinski definition) is 1. The molecule has 1 saturated heterocycles. The van der Waals surface area contributed by atoms with Gasteiger partial charge in [0.15, 0.2) is 26.1 Å². The van der Waals surface area contributed by atoms with Gasteiger partial charge in [-0.05, 0) is 25.1 Å². The normalized spacial score (nSPS) is 29.2. The Balaban J connectivity index is 2.84. The molecule has 0 aromatic heterocycles. The molecule has 1 heterocycles. The van der Waals surface area contributed by atoms with Gasteiger partial charge in [-0.1, -0.05) is 20.8 Å². The van der Waals surface area contributed by atoms with Gasteiger partial charge in [-0.25, -0.2) is 9.59 Å². The summed E-state index contributed by atoms with van der Waals surface area (Å²) in [4.78, 5) is 23.1. The molecule has 0 bridgehead atoms. The molecule has 1 aliphatic heterocycles. The van der Waals surface area contributed by atoms with Crippen LogP contribution in [0.1, 0.15) is 27.7 Å². The molecule has 1 rings (SSSR count). The quantitative estimate of drug-likeness (QED) is 0.619. The maximum absolute atomic E-state index is 11.8. The van der Waals surface area contributed by atoms with Crippen molar-refractivity contribution >= 4 is 20.4 Å². The van der Waals surface area contributed by atoms with Crippen molar-refractivity contribution in [2.24, 2.45) is 0 Å². The van der Waals surface area contributed by atoms with Gasteiger partial charge in [0, 0.05) is 0 Å². The Kier molecular flexibility index (Phi) is 5.31. The fourth-order valence-electron chi connectivity index (χ4n) is 1.77. The van der Waals surface area contributed by atoms with E-state index < -0.39 is 38.3 Å². The zero-order valence-electron chi connectivity index (χ0n) is 14.3. The summed E-state index contributed by atoms with van der Waals surface area (Å²) in [5, 5.41) is 10.2. The van der Waals surface area contributed by atoms with E-state index in [9.17, 15) is 14.7 Å². The lowest BCUT2D eigenvalue weighted by atomic mass is 9.98. The Morgan fingerprint density at radius 3 is 2.41 bits per heavy atom. The van der Waals surface area contributed by atoms with Crippen LogP contribution in [-0.2, 0) is 23.4 Å². The summed E-state index contributed by atoms with van der Waals surface area (Å²) in [6.07, 6.45) is -3.02. The van der Waals surface area contributed by atoms with Crippen LogP contribution in [0.2, 0.25) is 18.1 Å². The van der Waals surface area contributed by atoms with Crippen molar-refractivity contribution in [2.45, 2.75) is 63.6 Å². The predicted molar refractivity (Wildman–Crippen MR) is 80.9 cm³/mol. The Bertz CT molecular complexity index is 439. The van der Waals surface area contributed by atoms with E-state index in [1.54, 1.807) is 0 Å². The van der Waals surface area contributed by atoms with E-state index in [2.05, 4.69) is 38.6 Å². The third-order valence-electron chi connectivity index (χ3n) is 4.37. The van der Waals surface area contributed by atoms with E-state index >= 15 is 0 Å². The van der Waals surface area contributed by atoms with Crippen LogP contribution >= 0.6 is 0 Å². The van der Waals surface area contributed by atoms with Crippen molar-refractivity contribution in [3.63, 3.8) is 0 Å². The molecule has 0 amide bonds. The third-order valence-corrected chi connectivity index (χ3v) is 8.87. The summed E-state index contributed by atoms with van der Waals surface area (Å²) >= 11 is 0. The van der Waals surface area contributed by atoms with Gasteiger partial charge < -0.3 is 23.7 Å². The first-order valence-corrected chi connectivity index (χ1v) is 10.1. The van der Waals surface area contributed by atoms with Crippen LogP contribution < -0.4 is 0 Å². The molecule has 0 aliphatic carbocycles. The van der Waals surface area contributed by atoms with Crippen LogP contribution in [-0.4, -0.2) is 57.1 Å². The summed E-state index contributed by atoms with van der Waals surface area (Å²) in [5.74, 6) is -0.842. The fourth-order valence-corrected chi connectivity index (χ4v) is 2.78. The second kappa shape index (κ2) is 6.17. The lowest BCUT2D eigenvalue weighted by molar-refractivity contribution is -0.155. The fraction of sp³-hybridized carbons (Fsp3) is 0.857. The van der Waals surface area contributed by atoms with Crippen molar-refractivity contribution in [3.8, 4) is 0 Å². The van der Waals surface area contributed by atoms with Crippen molar-refractivity contribution in [2.75, 3.05) is 13.7 Å². The first-order chi connectivity index (χ1) is 9.83. The Morgan fingerprint density at radius 2 is 1.95 bits per heavy atom. The molecule has 0 radical (unpaired) electrons. The van der Waals surface area contributed by atoms with Crippen LogP contribution in [0.3, 0.4) is 0 Å². The summed E-state index contributed by atoms with van der Waals surface area (Å²) in [6, 6.07) is 0. The summed E-state index contributed by atoms with van der Waals surface area (Å²) in [5.41, 5.74) is -1.92. The SMILES string of the molecule is COC(=O)O[C@@H]1[C@@H](CO[Si](C)(C)C(C)(C)C)OC(=O)[C@@]1(C)O. The Morgan fingerprint density at radius 1 is 1.41 bits per heavy atom. The number of cyclic esters (lactones) is 1. The van der Waals surface area contributed by atoms with Crippen LogP contribution in [0.15, 0.2) is 0 Å². The molecule has 3 atom stereocenters. The molecule has 22 heavy (non-hydrogen) atoms. The standard InChI is InChI=1S/C14H26O7Si/c1-13(2,3)22(6,7)19-8-9-10(21-12(16)18-5)14(4,17)11(15)20-9/h9-10,17H,8H2,1-7H3/t9-,10-,14+/m1/s1. The minimum absolute atomic E-state index is 0.0170. The number of rotatable bonds is 4. The first kappa shape index (κ1) is 18.9. The van der Waals surface area contributed by atoms with Gasteiger partial charge in [-0.2, -0.15) is 0 Å². The molecule has 0 saturated carbocycles. The van der Waals surface area contributed by atoms with Crippen molar-refractivity contribution in [1.29, 1.82) is 0 Å². The van der Waals surface area contributed by atoms with E-state index in [0.717, 1.165) is 7.11 Å². The van der Waals surface area contributed by atoms with Crippen molar-refractivity contribution < 1.29 is 33.3 Å². The van der Waals surface area contributed by atoms with Gasteiger partial charge in [-0.3, -0.25) is 0 Å². The van der Waals surface area contributed by atoms with E-state index in [1.807, 2.05) is 0 Å². The number of hydrogen-bond acceptors (Lipinski definition) is 7. The molecule has 8 heteroatoms. The molecule has 1 aliphatic rings. The lowest BCUT2D eigenvalue weighted by Crippen LogP contribution is -2.49. The molecule has 0 unspecified atom stereocenters. The molecule has 1 N–H and O–H groups in total. The summed E-state index contributed by atoms with van der Waals surface area (Å²) < 4.78 is 20.5. The van der Waals surface area contributed by atoms with Gasteiger partial charge in [0.1, 0.15) is 0 Å². The number of aliphatic hydroxyl groups is 1. The number of ether oxygens (including phenoxy) is 3. The second-order valence-corrected chi connectivity index (χ2v) is 12.0. The van der Waals surface area contributed by atoms with Gasteiger partial charge in [-0.15, -0.1) is 0 Å². The average molecular weight is 334 g/mol. The molecular formula is C14H26O7Si. The van der Waals surface area contributed by atoms with Crippen LogP contribution in [0.5, 0.6) is 0 Å². The zero-order chi connectivity index (χ0) is 17.3. The van der Waals surface area contributed by atoms with E-state index in [1.165, 1.54) is 6.92 Å². The van der Waals surface area contributed by atoms with Gasteiger partial charge in [0.05, 0.1) is 13.7 Å². The zero-order valence-corrected chi connectivity index (χ0v) is 15.3. The van der Waals surface area contributed by atoms with Crippen LogP contribution in [0.4, 0.5) is 4.79 Å². The predicted octanol–water partition coefficient (Wildman–Crippen LogP) is 1.84.